The highest BCUT2D eigenvalue weighted by Gasteiger charge is 2.16. The summed E-state index contributed by atoms with van der Waals surface area (Å²) in [6, 6.07) is 3.46. The van der Waals surface area contributed by atoms with Crippen molar-refractivity contribution in [3.8, 4) is 5.69 Å². The smallest absolute Gasteiger partial charge is 0.325 e. The highest BCUT2D eigenvalue weighted by atomic mass is 16.4. The van der Waals surface area contributed by atoms with Crippen LogP contribution < -0.4 is 0 Å². The Morgan fingerprint density at radius 1 is 1.33 bits per heavy atom. The van der Waals surface area contributed by atoms with Crippen molar-refractivity contribution in [2.75, 3.05) is 0 Å². The van der Waals surface area contributed by atoms with Gasteiger partial charge in [-0.25, -0.2) is 14.3 Å². The molecule has 0 aromatic carbocycles. The second-order valence-electron chi connectivity index (χ2n) is 4.47. The Kier molecular flexibility index (Phi) is 2.98. The summed E-state index contributed by atoms with van der Waals surface area (Å²) in [5.74, 6) is -1.26. The molecule has 0 radical (unpaired) electrons. The predicted molar refractivity (Wildman–Crippen MR) is 72.3 cm³/mol. The summed E-state index contributed by atoms with van der Waals surface area (Å²) in [6.07, 6.45) is 4.82. The number of Topliss-reactive ketones (excluding diaryl/α,β-unsaturated/α-hetero) is 1. The number of carboxylic acid groups (broad SMARTS) is 1. The van der Waals surface area contributed by atoms with Crippen molar-refractivity contribution in [3.05, 3.63) is 36.4 Å². The molecule has 1 N–H and O–H groups in total. The molecular formula is C13H11N5O3. The number of aromatic nitrogens is 5. The van der Waals surface area contributed by atoms with Crippen molar-refractivity contribution >= 4 is 22.8 Å². The second-order valence-corrected chi connectivity index (χ2v) is 4.47. The summed E-state index contributed by atoms with van der Waals surface area (Å²) < 4.78 is 2.79. The molecule has 0 fully saturated rings. The van der Waals surface area contributed by atoms with Gasteiger partial charge in [0.2, 0.25) is 0 Å². The van der Waals surface area contributed by atoms with E-state index in [-0.39, 0.29) is 18.0 Å². The molecule has 106 valence electrons. The predicted octanol–water partition coefficient (Wildman–Crippen LogP) is 0.904. The third-order valence-electron chi connectivity index (χ3n) is 2.96. The zero-order chi connectivity index (χ0) is 15.0. The number of fused-ring (bicyclic) bond motifs is 1. The fraction of sp³-hybridized carbons (Fsp3) is 0.154. The highest BCUT2D eigenvalue weighted by molar-refractivity contribution is 5.98. The van der Waals surface area contributed by atoms with Crippen molar-refractivity contribution in [3.63, 3.8) is 0 Å². The first-order valence-electron chi connectivity index (χ1n) is 6.15. The number of rotatable bonds is 4. The standard InChI is InChI=1S/C13H11N5O3/c1-8(19)12-10(17-4-2-3-14-17)5-9-6-15-18(7-11(20)21)13(9)16-12/h2-6H,7H2,1H3,(H,20,21). The average Bonchev–Trinajstić information content (AvgIpc) is 3.06. The molecule has 0 unspecified atom stereocenters. The van der Waals surface area contributed by atoms with Crippen LogP contribution in [0.25, 0.3) is 16.7 Å². The van der Waals surface area contributed by atoms with Gasteiger partial charge in [0.1, 0.15) is 12.2 Å². The molecule has 0 spiro atoms. The van der Waals surface area contributed by atoms with E-state index in [1.807, 2.05) is 0 Å². The Labute approximate surface area is 118 Å². The lowest BCUT2D eigenvalue weighted by atomic mass is 10.2. The van der Waals surface area contributed by atoms with Crippen LogP contribution in [-0.2, 0) is 11.3 Å². The topological polar surface area (TPSA) is 103 Å². The molecule has 8 heteroatoms. The summed E-state index contributed by atoms with van der Waals surface area (Å²) in [4.78, 5) is 26.9. The number of nitrogens with zero attached hydrogens (tertiary/aromatic N) is 5. The van der Waals surface area contributed by atoms with Gasteiger partial charge in [0.05, 0.1) is 11.9 Å². The minimum atomic E-state index is -1.03. The van der Waals surface area contributed by atoms with E-state index in [2.05, 4.69) is 15.2 Å². The lowest BCUT2D eigenvalue weighted by molar-refractivity contribution is -0.137. The van der Waals surface area contributed by atoms with Gasteiger partial charge in [-0.05, 0) is 12.1 Å². The van der Waals surface area contributed by atoms with Crippen LogP contribution in [0.2, 0.25) is 0 Å². The SMILES string of the molecule is CC(=O)c1nc2c(cnn2CC(=O)O)cc1-n1cccn1. The van der Waals surface area contributed by atoms with Gasteiger partial charge in [-0.1, -0.05) is 0 Å². The first kappa shape index (κ1) is 13.0. The highest BCUT2D eigenvalue weighted by Crippen LogP contribution is 2.20. The first-order valence-corrected chi connectivity index (χ1v) is 6.15. The quantitative estimate of drug-likeness (QED) is 0.714. The monoisotopic (exact) mass is 285 g/mol. The van der Waals surface area contributed by atoms with Crippen LogP contribution in [0.1, 0.15) is 17.4 Å². The van der Waals surface area contributed by atoms with Crippen LogP contribution in [-0.4, -0.2) is 41.4 Å². The average molecular weight is 285 g/mol. The maximum absolute atomic E-state index is 11.8. The van der Waals surface area contributed by atoms with Gasteiger partial charge in [0.15, 0.2) is 11.4 Å². The van der Waals surface area contributed by atoms with E-state index >= 15 is 0 Å². The first-order chi connectivity index (χ1) is 10.1. The van der Waals surface area contributed by atoms with E-state index in [1.54, 1.807) is 24.5 Å². The van der Waals surface area contributed by atoms with Gasteiger partial charge >= 0.3 is 5.97 Å². The normalized spacial score (nSPS) is 10.9. The van der Waals surface area contributed by atoms with E-state index in [9.17, 15) is 9.59 Å². The minimum Gasteiger partial charge on any atom is -0.480 e. The fourth-order valence-corrected chi connectivity index (χ4v) is 2.09. The van der Waals surface area contributed by atoms with Crippen LogP contribution >= 0.6 is 0 Å². The maximum Gasteiger partial charge on any atom is 0.325 e. The Hall–Kier alpha value is -3.03. The number of aliphatic carboxylic acids is 1. The molecule has 21 heavy (non-hydrogen) atoms. The van der Waals surface area contributed by atoms with E-state index in [0.717, 1.165) is 0 Å². The molecule has 0 saturated carbocycles. The summed E-state index contributed by atoms with van der Waals surface area (Å²) in [5.41, 5.74) is 1.12. The number of carbonyl (C=O) groups excluding carboxylic acids is 1. The fourth-order valence-electron chi connectivity index (χ4n) is 2.09. The molecule has 3 aromatic heterocycles. The van der Waals surface area contributed by atoms with Gasteiger partial charge in [0, 0.05) is 24.7 Å². The van der Waals surface area contributed by atoms with Gasteiger partial charge in [-0.15, -0.1) is 0 Å². The van der Waals surface area contributed by atoms with Crippen molar-refractivity contribution in [1.29, 1.82) is 0 Å². The zero-order valence-electron chi connectivity index (χ0n) is 11.1. The molecular weight excluding hydrogens is 274 g/mol. The molecule has 0 atom stereocenters. The van der Waals surface area contributed by atoms with E-state index in [4.69, 9.17) is 5.11 Å². The lowest BCUT2D eigenvalue weighted by Crippen LogP contribution is -2.12. The third-order valence-corrected chi connectivity index (χ3v) is 2.96. The maximum atomic E-state index is 11.8. The number of carboxylic acids is 1. The number of carbonyl (C=O) groups is 2. The summed E-state index contributed by atoms with van der Waals surface area (Å²) in [5, 5.41) is 17.6. The summed E-state index contributed by atoms with van der Waals surface area (Å²) >= 11 is 0. The van der Waals surface area contributed by atoms with Crippen LogP contribution in [0.4, 0.5) is 0 Å². The van der Waals surface area contributed by atoms with Crippen LogP contribution in [0.15, 0.2) is 30.7 Å². The summed E-state index contributed by atoms with van der Waals surface area (Å²) in [7, 11) is 0. The number of hydrogen-bond donors (Lipinski definition) is 1. The van der Waals surface area contributed by atoms with E-state index in [1.165, 1.54) is 22.5 Å². The molecule has 0 bridgehead atoms. The van der Waals surface area contributed by atoms with Crippen LogP contribution in [0.3, 0.4) is 0 Å². The van der Waals surface area contributed by atoms with Crippen LogP contribution in [0, 0.1) is 0 Å². The van der Waals surface area contributed by atoms with Crippen molar-refractivity contribution < 1.29 is 14.7 Å². The van der Waals surface area contributed by atoms with E-state index in [0.29, 0.717) is 16.7 Å². The molecule has 0 aliphatic carbocycles. The molecule has 8 nitrogen and oxygen atoms in total. The molecule has 3 heterocycles. The number of ketones is 1. The zero-order valence-corrected chi connectivity index (χ0v) is 11.1. The number of pyridine rings is 1. The van der Waals surface area contributed by atoms with E-state index < -0.39 is 5.97 Å². The summed E-state index contributed by atoms with van der Waals surface area (Å²) in [6.45, 7) is 1.09. The van der Waals surface area contributed by atoms with Crippen LogP contribution in [0.5, 0.6) is 0 Å². The minimum absolute atomic E-state index is 0.221. The Bertz CT molecular complexity index is 835. The third kappa shape index (κ3) is 2.27. The van der Waals surface area contributed by atoms with Gasteiger partial charge in [0.25, 0.3) is 0 Å². The largest absolute Gasteiger partial charge is 0.480 e. The van der Waals surface area contributed by atoms with Gasteiger partial charge < -0.3 is 5.11 Å². The molecule has 3 aromatic rings. The lowest BCUT2D eigenvalue weighted by Gasteiger charge is -2.07. The molecule has 0 aliphatic rings. The van der Waals surface area contributed by atoms with Gasteiger partial charge in [-0.3, -0.25) is 9.59 Å². The second kappa shape index (κ2) is 4.82. The van der Waals surface area contributed by atoms with Crippen molar-refractivity contribution in [1.82, 2.24) is 24.5 Å². The Balaban J connectivity index is 2.24. The van der Waals surface area contributed by atoms with Crippen molar-refractivity contribution in [2.45, 2.75) is 13.5 Å². The Morgan fingerprint density at radius 3 is 2.76 bits per heavy atom. The Morgan fingerprint density at radius 2 is 2.14 bits per heavy atom. The van der Waals surface area contributed by atoms with Crippen molar-refractivity contribution in [2.24, 2.45) is 0 Å². The molecule has 0 amide bonds. The number of hydrogen-bond acceptors (Lipinski definition) is 5. The molecule has 0 saturated heterocycles. The molecule has 0 aliphatic heterocycles. The van der Waals surface area contributed by atoms with Gasteiger partial charge in [-0.2, -0.15) is 10.2 Å². The molecule has 3 rings (SSSR count).